The molecule has 1 aromatic carbocycles. The molecule has 2 aliphatic rings. The smallest absolute Gasteiger partial charge is 0.191 e. The van der Waals surface area contributed by atoms with Crippen molar-refractivity contribution in [3.8, 4) is 0 Å². The third-order valence-corrected chi connectivity index (χ3v) is 5.29. The molecule has 0 aromatic heterocycles. The van der Waals surface area contributed by atoms with Crippen molar-refractivity contribution in [2.24, 2.45) is 10.9 Å². The van der Waals surface area contributed by atoms with Gasteiger partial charge in [0, 0.05) is 58.4 Å². The number of aliphatic imine (C=N–C) groups is 1. The van der Waals surface area contributed by atoms with Crippen LogP contribution in [0.1, 0.15) is 13.3 Å². The number of benzene rings is 1. The quantitative estimate of drug-likeness (QED) is 0.567. The Labute approximate surface area is 165 Å². The Morgan fingerprint density at radius 3 is 2.79 bits per heavy atom. The summed E-state index contributed by atoms with van der Waals surface area (Å²) in [6, 6.07) is 3.92. The second-order valence-corrected chi connectivity index (χ2v) is 7.64. The summed E-state index contributed by atoms with van der Waals surface area (Å²) in [5, 5.41) is 6.82. The van der Waals surface area contributed by atoms with E-state index in [1.807, 2.05) is 4.90 Å². The van der Waals surface area contributed by atoms with Crippen molar-refractivity contribution in [1.82, 2.24) is 15.5 Å². The third-order valence-electron chi connectivity index (χ3n) is 5.29. The standard InChI is InChI=1S/C20H31F2N5O/c1-15(13-26-7-9-28-10-8-26)12-24-20(23-2)25-17-5-6-27(14-17)19-4-3-16(21)11-18(19)22/h3-4,11,15,17H,5-10,12-14H2,1-2H3,(H2,23,24,25). The maximum absolute atomic E-state index is 14.0. The second-order valence-electron chi connectivity index (χ2n) is 7.64. The summed E-state index contributed by atoms with van der Waals surface area (Å²) >= 11 is 0. The minimum absolute atomic E-state index is 0.171. The SMILES string of the molecule is CN=C(NCC(C)CN1CCOCC1)NC1CCN(c2ccc(F)cc2F)C1. The van der Waals surface area contributed by atoms with E-state index in [0.29, 0.717) is 18.2 Å². The van der Waals surface area contributed by atoms with Crippen molar-refractivity contribution in [1.29, 1.82) is 0 Å². The molecule has 0 amide bonds. The Balaban J connectivity index is 1.43. The van der Waals surface area contributed by atoms with Crippen LogP contribution in [0.4, 0.5) is 14.5 Å². The molecule has 2 atom stereocenters. The monoisotopic (exact) mass is 395 g/mol. The lowest BCUT2D eigenvalue weighted by molar-refractivity contribution is 0.0320. The summed E-state index contributed by atoms with van der Waals surface area (Å²) in [7, 11) is 1.76. The van der Waals surface area contributed by atoms with E-state index in [0.717, 1.165) is 64.4 Å². The van der Waals surface area contributed by atoms with Gasteiger partial charge in [-0.1, -0.05) is 6.92 Å². The molecular weight excluding hydrogens is 364 g/mol. The van der Waals surface area contributed by atoms with Gasteiger partial charge in [-0.3, -0.25) is 9.89 Å². The Bertz CT molecular complexity index is 666. The fourth-order valence-electron chi connectivity index (χ4n) is 3.78. The molecule has 0 radical (unpaired) electrons. The number of hydrogen-bond donors (Lipinski definition) is 2. The van der Waals surface area contributed by atoms with Crippen molar-refractivity contribution < 1.29 is 13.5 Å². The van der Waals surface area contributed by atoms with E-state index in [2.05, 4.69) is 27.4 Å². The van der Waals surface area contributed by atoms with Crippen molar-refractivity contribution >= 4 is 11.6 Å². The van der Waals surface area contributed by atoms with Crippen molar-refractivity contribution in [3.63, 3.8) is 0 Å². The minimum atomic E-state index is -0.550. The Hall–Kier alpha value is -1.93. The van der Waals surface area contributed by atoms with Gasteiger partial charge in [-0.05, 0) is 24.5 Å². The zero-order chi connectivity index (χ0) is 19.9. The molecule has 8 heteroatoms. The summed E-state index contributed by atoms with van der Waals surface area (Å²) in [5.41, 5.74) is 0.452. The molecule has 1 aromatic rings. The number of hydrogen-bond acceptors (Lipinski definition) is 4. The first kappa shape index (κ1) is 20.8. The molecule has 0 bridgehead atoms. The highest BCUT2D eigenvalue weighted by molar-refractivity contribution is 5.80. The molecule has 156 valence electrons. The van der Waals surface area contributed by atoms with Crippen LogP contribution < -0.4 is 15.5 Å². The summed E-state index contributed by atoms with van der Waals surface area (Å²) in [6.45, 7) is 9.10. The molecule has 2 unspecified atom stereocenters. The molecule has 2 saturated heterocycles. The van der Waals surface area contributed by atoms with E-state index in [1.54, 1.807) is 7.05 Å². The van der Waals surface area contributed by atoms with Gasteiger partial charge in [0.15, 0.2) is 5.96 Å². The van der Waals surface area contributed by atoms with Crippen LogP contribution in [-0.4, -0.2) is 76.4 Å². The molecule has 6 nitrogen and oxygen atoms in total. The lowest BCUT2D eigenvalue weighted by Gasteiger charge is -2.29. The Morgan fingerprint density at radius 1 is 1.29 bits per heavy atom. The fraction of sp³-hybridized carbons (Fsp3) is 0.650. The van der Waals surface area contributed by atoms with E-state index in [1.165, 1.54) is 12.1 Å². The van der Waals surface area contributed by atoms with Gasteiger partial charge in [0.25, 0.3) is 0 Å². The molecule has 2 heterocycles. The molecule has 2 fully saturated rings. The highest BCUT2D eigenvalue weighted by Crippen LogP contribution is 2.24. The maximum atomic E-state index is 14.0. The first-order valence-electron chi connectivity index (χ1n) is 10.0. The first-order valence-corrected chi connectivity index (χ1v) is 10.0. The summed E-state index contributed by atoms with van der Waals surface area (Å²) in [6.07, 6.45) is 0.876. The number of morpholine rings is 1. The van der Waals surface area contributed by atoms with E-state index in [-0.39, 0.29) is 6.04 Å². The van der Waals surface area contributed by atoms with Crippen LogP contribution >= 0.6 is 0 Å². The molecular formula is C20H31F2N5O. The lowest BCUT2D eigenvalue weighted by atomic mass is 10.1. The number of anilines is 1. The van der Waals surface area contributed by atoms with Gasteiger partial charge in [-0.25, -0.2) is 8.78 Å². The van der Waals surface area contributed by atoms with Gasteiger partial charge < -0.3 is 20.3 Å². The molecule has 0 aliphatic carbocycles. The molecule has 3 rings (SSSR count). The average Bonchev–Trinajstić information content (AvgIpc) is 3.14. The zero-order valence-electron chi connectivity index (χ0n) is 16.8. The van der Waals surface area contributed by atoms with Crippen LogP contribution in [0.3, 0.4) is 0 Å². The third kappa shape index (κ3) is 5.78. The average molecular weight is 395 g/mol. The van der Waals surface area contributed by atoms with Gasteiger partial charge in [-0.2, -0.15) is 0 Å². The van der Waals surface area contributed by atoms with E-state index >= 15 is 0 Å². The Morgan fingerprint density at radius 2 is 2.07 bits per heavy atom. The molecule has 0 saturated carbocycles. The van der Waals surface area contributed by atoms with Crippen molar-refractivity contribution in [3.05, 3.63) is 29.8 Å². The van der Waals surface area contributed by atoms with Gasteiger partial charge in [0.1, 0.15) is 11.6 Å². The zero-order valence-corrected chi connectivity index (χ0v) is 16.8. The lowest BCUT2D eigenvalue weighted by Crippen LogP contribution is -2.47. The molecule has 2 N–H and O–H groups in total. The summed E-state index contributed by atoms with van der Waals surface area (Å²) < 4.78 is 32.5. The van der Waals surface area contributed by atoms with Crippen LogP contribution in [-0.2, 0) is 4.74 Å². The maximum Gasteiger partial charge on any atom is 0.191 e. The van der Waals surface area contributed by atoms with Crippen LogP contribution in [0.5, 0.6) is 0 Å². The number of nitrogens with zero attached hydrogens (tertiary/aromatic N) is 3. The predicted molar refractivity (Wildman–Crippen MR) is 108 cm³/mol. The highest BCUT2D eigenvalue weighted by Gasteiger charge is 2.25. The Kier molecular flexibility index (Phi) is 7.44. The van der Waals surface area contributed by atoms with Gasteiger partial charge >= 0.3 is 0 Å². The molecule has 0 spiro atoms. The largest absolute Gasteiger partial charge is 0.379 e. The van der Waals surface area contributed by atoms with Gasteiger partial charge in [0.2, 0.25) is 0 Å². The second kappa shape index (κ2) is 10.0. The number of rotatable bonds is 6. The van der Waals surface area contributed by atoms with Crippen LogP contribution in [0.15, 0.2) is 23.2 Å². The van der Waals surface area contributed by atoms with Crippen LogP contribution in [0, 0.1) is 17.6 Å². The molecule has 2 aliphatic heterocycles. The first-order chi connectivity index (χ1) is 13.5. The predicted octanol–water partition coefficient (Wildman–Crippen LogP) is 1.68. The summed E-state index contributed by atoms with van der Waals surface area (Å²) in [4.78, 5) is 8.69. The van der Waals surface area contributed by atoms with E-state index in [4.69, 9.17) is 4.74 Å². The number of nitrogens with one attached hydrogen (secondary N) is 2. The topological polar surface area (TPSA) is 52.1 Å². The highest BCUT2D eigenvalue weighted by atomic mass is 19.1. The molecule has 28 heavy (non-hydrogen) atoms. The normalized spacial score (nSPS) is 22.4. The number of halogens is 2. The van der Waals surface area contributed by atoms with Gasteiger partial charge in [0.05, 0.1) is 18.9 Å². The minimum Gasteiger partial charge on any atom is -0.379 e. The van der Waals surface area contributed by atoms with Crippen molar-refractivity contribution in [2.45, 2.75) is 19.4 Å². The van der Waals surface area contributed by atoms with Gasteiger partial charge in [-0.15, -0.1) is 0 Å². The fourth-order valence-corrected chi connectivity index (χ4v) is 3.78. The van der Waals surface area contributed by atoms with Crippen LogP contribution in [0.25, 0.3) is 0 Å². The summed E-state index contributed by atoms with van der Waals surface area (Å²) in [5.74, 6) is 0.191. The van der Waals surface area contributed by atoms with Crippen LogP contribution in [0.2, 0.25) is 0 Å². The van der Waals surface area contributed by atoms with E-state index in [9.17, 15) is 8.78 Å². The van der Waals surface area contributed by atoms with E-state index < -0.39 is 11.6 Å². The number of ether oxygens (including phenoxy) is 1. The van der Waals surface area contributed by atoms with Crippen molar-refractivity contribution in [2.75, 3.05) is 64.4 Å². The number of guanidine groups is 1.